The molecule has 3 N–H and O–H groups in total. The Morgan fingerprint density at radius 2 is 1.88 bits per heavy atom. The van der Waals surface area contributed by atoms with Crippen molar-refractivity contribution in [3.05, 3.63) is 54.3 Å². The van der Waals surface area contributed by atoms with Crippen molar-refractivity contribution in [2.75, 3.05) is 17.7 Å². The number of ether oxygens (including phenoxy) is 1. The summed E-state index contributed by atoms with van der Waals surface area (Å²) < 4.78 is 18.8. The third kappa shape index (κ3) is 6.60. The van der Waals surface area contributed by atoms with Gasteiger partial charge < -0.3 is 10.1 Å². The van der Waals surface area contributed by atoms with Gasteiger partial charge in [-0.05, 0) is 55.5 Å². The quantitative estimate of drug-likeness (QED) is 0.407. The summed E-state index contributed by atoms with van der Waals surface area (Å²) in [7, 11) is 0. The van der Waals surface area contributed by atoms with Gasteiger partial charge in [0.15, 0.2) is 5.11 Å². The number of benzene rings is 2. The summed E-state index contributed by atoms with van der Waals surface area (Å²) in [5, 5.41) is 2.77. The Morgan fingerprint density at radius 3 is 2.56 bits per heavy atom. The van der Waals surface area contributed by atoms with Gasteiger partial charge in [0.25, 0.3) is 0 Å². The third-order valence-electron chi connectivity index (χ3n) is 2.94. The van der Waals surface area contributed by atoms with Crippen LogP contribution in [0.1, 0.15) is 6.92 Å². The standard InChI is InChI=1S/C17H18FN3O2S2/c1-2-23-12-7-9-13(10-8-12)25-11-16(22)20-21-17(24)19-15-6-4-3-5-14(15)18/h3-10H,2,11H2,1H3,(H,20,22)(H2,19,21,24). The molecule has 2 rings (SSSR count). The van der Waals surface area contributed by atoms with Gasteiger partial charge in [0, 0.05) is 4.90 Å². The van der Waals surface area contributed by atoms with Crippen molar-refractivity contribution in [2.45, 2.75) is 11.8 Å². The largest absolute Gasteiger partial charge is 0.494 e. The van der Waals surface area contributed by atoms with E-state index >= 15 is 0 Å². The lowest BCUT2D eigenvalue weighted by Crippen LogP contribution is -2.44. The molecule has 2 aromatic rings. The maximum Gasteiger partial charge on any atom is 0.248 e. The zero-order chi connectivity index (χ0) is 18.1. The van der Waals surface area contributed by atoms with Crippen LogP contribution >= 0.6 is 24.0 Å². The number of carbonyl (C=O) groups excluding carboxylic acids is 1. The van der Waals surface area contributed by atoms with E-state index in [-0.39, 0.29) is 22.5 Å². The minimum absolute atomic E-state index is 0.101. The molecule has 1 amide bonds. The molecule has 0 bridgehead atoms. The second-order valence-corrected chi connectivity index (χ2v) is 6.26. The first kappa shape index (κ1) is 19.0. The van der Waals surface area contributed by atoms with Crippen LogP contribution in [0.15, 0.2) is 53.4 Å². The van der Waals surface area contributed by atoms with E-state index in [9.17, 15) is 9.18 Å². The van der Waals surface area contributed by atoms with Crippen LogP contribution in [0.3, 0.4) is 0 Å². The van der Waals surface area contributed by atoms with Gasteiger partial charge in [0.05, 0.1) is 18.0 Å². The molecule has 8 heteroatoms. The van der Waals surface area contributed by atoms with Crippen molar-refractivity contribution >= 4 is 40.7 Å². The highest BCUT2D eigenvalue weighted by Gasteiger charge is 2.06. The molecule has 25 heavy (non-hydrogen) atoms. The van der Waals surface area contributed by atoms with Gasteiger partial charge in [-0.25, -0.2) is 4.39 Å². The number of thioether (sulfide) groups is 1. The van der Waals surface area contributed by atoms with E-state index in [0.717, 1.165) is 10.6 Å². The highest BCUT2D eigenvalue weighted by Crippen LogP contribution is 2.21. The molecule has 0 saturated carbocycles. The maximum atomic E-state index is 13.5. The van der Waals surface area contributed by atoms with Gasteiger partial charge in [-0.2, -0.15) is 0 Å². The summed E-state index contributed by atoms with van der Waals surface area (Å²) in [5.41, 5.74) is 5.24. The summed E-state index contributed by atoms with van der Waals surface area (Å²) in [6, 6.07) is 13.6. The average Bonchev–Trinajstić information content (AvgIpc) is 2.61. The molecule has 0 fully saturated rings. The second kappa shape index (κ2) is 9.85. The summed E-state index contributed by atoms with van der Waals surface area (Å²) in [4.78, 5) is 12.8. The number of thiocarbonyl (C=S) groups is 1. The fourth-order valence-electron chi connectivity index (χ4n) is 1.83. The zero-order valence-electron chi connectivity index (χ0n) is 13.5. The minimum atomic E-state index is -0.427. The van der Waals surface area contributed by atoms with Crippen LogP contribution in [0.2, 0.25) is 0 Å². The van der Waals surface area contributed by atoms with Crippen LogP contribution in [0, 0.1) is 5.82 Å². The Balaban J connectivity index is 1.71. The van der Waals surface area contributed by atoms with Gasteiger partial charge in [-0.1, -0.05) is 12.1 Å². The van der Waals surface area contributed by atoms with E-state index in [1.165, 1.54) is 17.8 Å². The number of hydrogen-bond donors (Lipinski definition) is 3. The molecule has 5 nitrogen and oxygen atoms in total. The Labute approximate surface area is 155 Å². The minimum Gasteiger partial charge on any atom is -0.494 e. The first-order chi connectivity index (χ1) is 12.1. The summed E-state index contributed by atoms with van der Waals surface area (Å²) >= 11 is 6.39. The molecule has 2 aromatic carbocycles. The SMILES string of the molecule is CCOc1ccc(SCC(=O)NNC(=S)Nc2ccccc2F)cc1. The van der Waals surface area contributed by atoms with E-state index in [1.807, 2.05) is 31.2 Å². The van der Waals surface area contributed by atoms with Gasteiger partial charge in [-0.15, -0.1) is 11.8 Å². The van der Waals surface area contributed by atoms with Crippen LogP contribution in [0.25, 0.3) is 0 Å². The Hall–Kier alpha value is -2.32. The van der Waals surface area contributed by atoms with Crippen molar-refractivity contribution in [1.82, 2.24) is 10.9 Å². The fourth-order valence-corrected chi connectivity index (χ4v) is 2.69. The number of halogens is 1. The number of anilines is 1. The fraction of sp³-hybridized carbons (Fsp3) is 0.176. The highest BCUT2D eigenvalue weighted by atomic mass is 32.2. The summed E-state index contributed by atoms with van der Waals surface area (Å²) in [6.07, 6.45) is 0. The van der Waals surface area contributed by atoms with E-state index in [1.54, 1.807) is 18.2 Å². The molecule has 0 radical (unpaired) electrons. The smallest absolute Gasteiger partial charge is 0.248 e. The molecule has 132 valence electrons. The Kier molecular flexibility index (Phi) is 7.49. The van der Waals surface area contributed by atoms with Crippen LogP contribution in [-0.2, 0) is 4.79 Å². The van der Waals surface area contributed by atoms with Crippen molar-refractivity contribution < 1.29 is 13.9 Å². The van der Waals surface area contributed by atoms with E-state index in [0.29, 0.717) is 6.61 Å². The van der Waals surface area contributed by atoms with Crippen molar-refractivity contribution in [3.8, 4) is 5.75 Å². The first-order valence-corrected chi connectivity index (χ1v) is 8.94. The zero-order valence-corrected chi connectivity index (χ0v) is 15.2. The van der Waals surface area contributed by atoms with E-state index in [2.05, 4.69) is 16.2 Å². The Morgan fingerprint density at radius 1 is 1.16 bits per heavy atom. The number of nitrogens with one attached hydrogen (secondary N) is 3. The Bertz CT molecular complexity index is 726. The van der Waals surface area contributed by atoms with Gasteiger partial charge >= 0.3 is 0 Å². The van der Waals surface area contributed by atoms with Crippen LogP contribution in [0.5, 0.6) is 5.75 Å². The van der Waals surface area contributed by atoms with Crippen molar-refractivity contribution in [3.63, 3.8) is 0 Å². The number of hydrogen-bond acceptors (Lipinski definition) is 4. The molecular formula is C17H18FN3O2S2. The molecule has 0 aliphatic carbocycles. The maximum absolute atomic E-state index is 13.5. The summed E-state index contributed by atoms with van der Waals surface area (Å²) in [5.74, 6) is 0.326. The third-order valence-corrected chi connectivity index (χ3v) is 4.16. The number of rotatable bonds is 6. The van der Waals surface area contributed by atoms with Crippen LogP contribution in [-0.4, -0.2) is 23.4 Å². The molecule has 0 spiro atoms. The van der Waals surface area contributed by atoms with Crippen LogP contribution in [0.4, 0.5) is 10.1 Å². The first-order valence-electron chi connectivity index (χ1n) is 7.54. The van der Waals surface area contributed by atoms with Crippen LogP contribution < -0.4 is 20.9 Å². The number of amides is 1. The molecule has 0 heterocycles. The van der Waals surface area contributed by atoms with E-state index < -0.39 is 5.82 Å². The molecule has 0 aliphatic rings. The predicted octanol–water partition coefficient (Wildman–Crippen LogP) is 3.33. The second-order valence-electron chi connectivity index (χ2n) is 4.80. The lowest BCUT2D eigenvalue weighted by molar-refractivity contribution is -0.119. The van der Waals surface area contributed by atoms with E-state index in [4.69, 9.17) is 17.0 Å². The monoisotopic (exact) mass is 379 g/mol. The van der Waals surface area contributed by atoms with Crippen molar-refractivity contribution in [1.29, 1.82) is 0 Å². The lowest BCUT2D eigenvalue weighted by Gasteiger charge is -2.12. The molecule has 0 aliphatic heterocycles. The molecule has 0 unspecified atom stereocenters. The molecule has 0 atom stereocenters. The summed E-state index contributed by atoms with van der Waals surface area (Å²) in [6.45, 7) is 2.53. The normalized spacial score (nSPS) is 10.0. The number of para-hydroxylation sites is 1. The van der Waals surface area contributed by atoms with Gasteiger partial charge in [-0.3, -0.25) is 15.6 Å². The highest BCUT2D eigenvalue weighted by molar-refractivity contribution is 8.00. The van der Waals surface area contributed by atoms with Gasteiger partial charge in [0.2, 0.25) is 5.91 Å². The topological polar surface area (TPSA) is 62.4 Å². The molecule has 0 saturated heterocycles. The predicted molar refractivity (Wildman–Crippen MR) is 102 cm³/mol. The number of carbonyl (C=O) groups is 1. The molecular weight excluding hydrogens is 361 g/mol. The van der Waals surface area contributed by atoms with Crippen molar-refractivity contribution in [2.24, 2.45) is 0 Å². The number of hydrazine groups is 1. The molecule has 0 aromatic heterocycles. The van der Waals surface area contributed by atoms with Gasteiger partial charge in [0.1, 0.15) is 11.6 Å². The average molecular weight is 379 g/mol. The lowest BCUT2D eigenvalue weighted by atomic mass is 10.3.